The van der Waals surface area contributed by atoms with Gasteiger partial charge in [-0.2, -0.15) is 0 Å². The summed E-state index contributed by atoms with van der Waals surface area (Å²) in [7, 11) is 1.69. The Hall–Kier alpha value is -1.80. The maximum absolute atomic E-state index is 9.73. The molecule has 0 aliphatic heterocycles. The predicted molar refractivity (Wildman–Crippen MR) is 127 cm³/mol. The van der Waals surface area contributed by atoms with Crippen molar-refractivity contribution in [2.75, 3.05) is 33.4 Å². The standard InChI is InChI=1S/C22H31N3O2.HI/c1-4-23-22(25-15-19(16-26)18-10-6-5-7-11-18)24-14-17(2)20-12-8-9-13-21(20)27-3;/h5-13,17,19,26H,4,14-16H2,1-3H3,(H2,23,24,25);1H. The van der Waals surface area contributed by atoms with Crippen molar-refractivity contribution in [1.29, 1.82) is 0 Å². The van der Waals surface area contributed by atoms with Gasteiger partial charge < -0.3 is 20.5 Å². The molecule has 2 atom stereocenters. The van der Waals surface area contributed by atoms with Gasteiger partial charge in [-0.3, -0.25) is 4.99 Å². The van der Waals surface area contributed by atoms with Gasteiger partial charge >= 0.3 is 0 Å². The van der Waals surface area contributed by atoms with Gasteiger partial charge in [-0.25, -0.2) is 0 Å². The Morgan fingerprint density at radius 3 is 2.39 bits per heavy atom. The van der Waals surface area contributed by atoms with Crippen LogP contribution in [0.15, 0.2) is 59.6 Å². The van der Waals surface area contributed by atoms with Crippen molar-refractivity contribution in [1.82, 2.24) is 10.6 Å². The van der Waals surface area contributed by atoms with Crippen molar-refractivity contribution >= 4 is 29.9 Å². The zero-order valence-corrected chi connectivity index (χ0v) is 19.2. The molecule has 3 N–H and O–H groups in total. The van der Waals surface area contributed by atoms with Crippen LogP contribution in [0.25, 0.3) is 0 Å². The summed E-state index contributed by atoms with van der Waals surface area (Å²) in [4.78, 5) is 4.72. The summed E-state index contributed by atoms with van der Waals surface area (Å²) in [5.74, 6) is 1.91. The van der Waals surface area contributed by atoms with E-state index in [-0.39, 0.29) is 42.4 Å². The second-order valence-electron chi connectivity index (χ2n) is 6.53. The van der Waals surface area contributed by atoms with E-state index in [4.69, 9.17) is 9.73 Å². The third-order valence-electron chi connectivity index (χ3n) is 4.54. The third-order valence-corrected chi connectivity index (χ3v) is 4.54. The van der Waals surface area contributed by atoms with Gasteiger partial charge in [0.2, 0.25) is 0 Å². The molecule has 6 heteroatoms. The molecule has 154 valence electrons. The van der Waals surface area contributed by atoms with Gasteiger partial charge in [0.1, 0.15) is 5.75 Å². The maximum Gasteiger partial charge on any atom is 0.191 e. The van der Waals surface area contributed by atoms with Crippen LogP contribution >= 0.6 is 24.0 Å². The van der Waals surface area contributed by atoms with Crippen molar-refractivity contribution in [3.8, 4) is 5.75 Å². The van der Waals surface area contributed by atoms with E-state index in [9.17, 15) is 5.11 Å². The first-order valence-electron chi connectivity index (χ1n) is 9.50. The molecule has 0 saturated heterocycles. The Bertz CT molecular complexity index is 710. The Kier molecular flexibility index (Phi) is 11.6. The van der Waals surface area contributed by atoms with E-state index in [1.807, 2.05) is 55.5 Å². The fraction of sp³-hybridized carbons (Fsp3) is 0.409. The number of para-hydroxylation sites is 1. The second-order valence-corrected chi connectivity index (χ2v) is 6.53. The molecule has 2 aromatic carbocycles. The number of nitrogens with zero attached hydrogens (tertiary/aromatic N) is 1. The van der Waals surface area contributed by atoms with E-state index < -0.39 is 0 Å². The molecule has 2 rings (SSSR count). The van der Waals surface area contributed by atoms with E-state index in [0.29, 0.717) is 13.1 Å². The number of methoxy groups -OCH3 is 1. The first-order chi connectivity index (χ1) is 13.2. The molecule has 0 amide bonds. The van der Waals surface area contributed by atoms with Gasteiger partial charge in [-0.15, -0.1) is 24.0 Å². The SMILES string of the molecule is CCNC(=NCC(C)c1ccccc1OC)NCC(CO)c1ccccc1.I. The Morgan fingerprint density at radius 1 is 1.07 bits per heavy atom. The molecule has 0 aliphatic rings. The van der Waals surface area contributed by atoms with E-state index in [0.717, 1.165) is 29.4 Å². The summed E-state index contributed by atoms with van der Waals surface area (Å²) in [5, 5.41) is 16.4. The van der Waals surface area contributed by atoms with E-state index in [1.165, 1.54) is 0 Å². The molecule has 0 fully saturated rings. The number of rotatable bonds is 9. The molecule has 2 aromatic rings. The van der Waals surface area contributed by atoms with Gasteiger partial charge in [-0.1, -0.05) is 55.5 Å². The van der Waals surface area contributed by atoms with Crippen LogP contribution in [0.4, 0.5) is 0 Å². The second kappa shape index (κ2) is 13.4. The minimum absolute atomic E-state index is 0. The van der Waals surface area contributed by atoms with Gasteiger partial charge in [0.25, 0.3) is 0 Å². The van der Waals surface area contributed by atoms with Crippen molar-refractivity contribution in [3.05, 3.63) is 65.7 Å². The highest BCUT2D eigenvalue weighted by atomic mass is 127. The van der Waals surface area contributed by atoms with Crippen LogP contribution in [0.3, 0.4) is 0 Å². The van der Waals surface area contributed by atoms with E-state index in [1.54, 1.807) is 7.11 Å². The van der Waals surface area contributed by atoms with Crippen molar-refractivity contribution in [3.63, 3.8) is 0 Å². The lowest BCUT2D eigenvalue weighted by atomic mass is 10.00. The molecule has 0 aliphatic carbocycles. The number of hydrogen-bond acceptors (Lipinski definition) is 3. The smallest absolute Gasteiger partial charge is 0.191 e. The lowest BCUT2D eigenvalue weighted by Gasteiger charge is -2.19. The number of guanidine groups is 1. The van der Waals surface area contributed by atoms with Crippen LogP contribution < -0.4 is 15.4 Å². The topological polar surface area (TPSA) is 65.9 Å². The molecule has 28 heavy (non-hydrogen) atoms. The summed E-state index contributed by atoms with van der Waals surface area (Å²) in [6.45, 7) is 6.32. The molecule has 0 bridgehead atoms. The first-order valence-corrected chi connectivity index (χ1v) is 9.50. The number of ether oxygens (including phenoxy) is 1. The van der Waals surface area contributed by atoms with E-state index in [2.05, 4.69) is 23.6 Å². The van der Waals surface area contributed by atoms with Crippen molar-refractivity contribution in [2.24, 2.45) is 4.99 Å². The summed E-state index contributed by atoms with van der Waals surface area (Å²) in [6.07, 6.45) is 0. The van der Waals surface area contributed by atoms with Crippen molar-refractivity contribution < 1.29 is 9.84 Å². The number of halogens is 1. The quantitative estimate of drug-likeness (QED) is 0.281. The lowest BCUT2D eigenvalue weighted by molar-refractivity contribution is 0.265. The highest BCUT2D eigenvalue weighted by Gasteiger charge is 2.13. The number of hydrogen-bond donors (Lipinski definition) is 3. The predicted octanol–water partition coefficient (Wildman–Crippen LogP) is 3.75. The van der Waals surface area contributed by atoms with Gasteiger partial charge in [0, 0.05) is 31.5 Å². The molecular formula is C22H32IN3O2. The minimum atomic E-state index is 0. The van der Waals surface area contributed by atoms with Crippen LogP contribution in [0.2, 0.25) is 0 Å². The summed E-state index contributed by atoms with van der Waals surface area (Å²) < 4.78 is 5.46. The highest BCUT2D eigenvalue weighted by molar-refractivity contribution is 14.0. The minimum Gasteiger partial charge on any atom is -0.496 e. The summed E-state index contributed by atoms with van der Waals surface area (Å²) in [5.41, 5.74) is 2.27. The number of benzene rings is 2. The van der Waals surface area contributed by atoms with Gasteiger partial charge in [-0.05, 0) is 24.1 Å². The van der Waals surface area contributed by atoms with Crippen LogP contribution in [-0.2, 0) is 0 Å². The van der Waals surface area contributed by atoms with Crippen LogP contribution in [0.5, 0.6) is 5.75 Å². The summed E-state index contributed by atoms with van der Waals surface area (Å²) in [6, 6.07) is 18.1. The summed E-state index contributed by atoms with van der Waals surface area (Å²) >= 11 is 0. The fourth-order valence-electron chi connectivity index (χ4n) is 2.97. The first kappa shape index (κ1) is 24.2. The Balaban J connectivity index is 0.00000392. The van der Waals surface area contributed by atoms with Gasteiger partial charge in [0.05, 0.1) is 13.7 Å². The largest absolute Gasteiger partial charge is 0.496 e. The molecule has 0 spiro atoms. The number of nitrogens with one attached hydrogen (secondary N) is 2. The number of aliphatic hydroxyl groups is 1. The van der Waals surface area contributed by atoms with Crippen molar-refractivity contribution in [2.45, 2.75) is 25.7 Å². The highest BCUT2D eigenvalue weighted by Crippen LogP contribution is 2.26. The molecule has 0 saturated carbocycles. The van der Waals surface area contributed by atoms with Crippen LogP contribution in [-0.4, -0.2) is 44.4 Å². The molecular weight excluding hydrogens is 465 g/mol. The van der Waals surface area contributed by atoms with Crippen LogP contribution in [0.1, 0.15) is 36.8 Å². The van der Waals surface area contributed by atoms with Gasteiger partial charge in [0.15, 0.2) is 5.96 Å². The third kappa shape index (κ3) is 7.31. The zero-order chi connectivity index (χ0) is 19.5. The molecule has 5 nitrogen and oxygen atoms in total. The maximum atomic E-state index is 9.73. The normalized spacial score (nSPS) is 13.2. The number of aliphatic hydroxyl groups excluding tert-OH is 1. The fourth-order valence-corrected chi connectivity index (χ4v) is 2.97. The molecule has 0 radical (unpaired) electrons. The Morgan fingerprint density at radius 2 is 1.75 bits per heavy atom. The molecule has 0 aromatic heterocycles. The monoisotopic (exact) mass is 497 g/mol. The molecule has 2 unspecified atom stereocenters. The average Bonchev–Trinajstić information content (AvgIpc) is 2.72. The molecule has 0 heterocycles. The van der Waals surface area contributed by atoms with Crippen LogP contribution in [0, 0.1) is 0 Å². The number of aliphatic imine (C=N–C) groups is 1. The zero-order valence-electron chi connectivity index (χ0n) is 16.9. The lowest BCUT2D eigenvalue weighted by Crippen LogP contribution is -2.40. The van der Waals surface area contributed by atoms with E-state index >= 15 is 0 Å². The Labute approximate surface area is 185 Å². The average molecular weight is 497 g/mol.